The van der Waals surface area contributed by atoms with Gasteiger partial charge in [-0.25, -0.2) is 0 Å². The lowest BCUT2D eigenvalue weighted by atomic mass is 10.2. The number of fused-ring (bicyclic) bond motifs is 1. The topological polar surface area (TPSA) is 54.0 Å². The molecule has 0 unspecified atom stereocenters. The molecular formula is C20H33Cl2N3OSi. The SMILES string of the molecule is CC[Si](CC)(CC)CCCNCC(=O)Nc1ccc2ncccc2c1.Cl.Cl. The molecule has 1 aromatic carbocycles. The lowest BCUT2D eigenvalue weighted by Gasteiger charge is -2.28. The number of hydrogen-bond acceptors (Lipinski definition) is 3. The fourth-order valence-electron chi connectivity index (χ4n) is 3.43. The van der Waals surface area contributed by atoms with E-state index in [1.165, 1.54) is 30.6 Å². The number of benzene rings is 1. The molecule has 0 saturated heterocycles. The number of carbonyl (C=O) groups excluding carboxylic acids is 1. The van der Waals surface area contributed by atoms with Gasteiger partial charge in [-0.3, -0.25) is 9.78 Å². The predicted octanol–water partition coefficient (Wildman–Crippen LogP) is 5.51. The van der Waals surface area contributed by atoms with Gasteiger partial charge in [0.1, 0.15) is 0 Å². The Morgan fingerprint density at radius 2 is 1.78 bits per heavy atom. The van der Waals surface area contributed by atoms with Gasteiger partial charge in [-0.05, 0) is 37.2 Å². The second-order valence-electron chi connectivity index (χ2n) is 6.80. The maximum atomic E-state index is 12.1. The number of pyridine rings is 1. The van der Waals surface area contributed by atoms with Crippen molar-refractivity contribution in [3.8, 4) is 0 Å². The highest BCUT2D eigenvalue weighted by Crippen LogP contribution is 2.26. The van der Waals surface area contributed by atoms with Crippen LogP contribution in [0.4, 0.5) is 5.69 Å². The van der Waals surface area contributed by atoms with Crippen molar-refractivity contribution in [2.24, 2.45) is 0 Å². The first-order chi connectivity index (χ1) is 12.1. The van der Waals surface area contributed by atoms with Crippen molar-refractivity contribution in [2.75, 3.05) is 18.4 Å². The summed E-state index contributed by atoms with van der Waals surface area (Å²) in [6.07, 6.45) is 2.95. The molecule has 7 heteroatoms. The van der Waals surface area contributed by atoms with E-state index in [1.54, 1.807) is 6.20 Å². The third-order valence-electron chi connectivity index (χ3n) is 5.48. The van der Waals surface area contributed by atoms with Gasteiger partial charge >= 0.3 is 0 Å². The number of nitrogens with zero attached hydrogens (tertiary/aromatic N) is 1. The van der Waals surface area contributed by atoms with E-state index in [0.29, 0.717) is 6.54 Å². The van der Waals surface area contributed by atoms with E-state index >= 15 is 0 Å². The zero-order valence-electron chi connectivity index (χ0n) is 16.6. The Bertz CT molecular complexity index is 687. The third kappa shape index (κ3) is 7.78. The number of hydrogen-bond donors (Lipinski definition) is 2. The maximum Gasteiger partial charge on any atom is 0.238 e. The Hall–Kier alpha value is -1.14. The molecule has 4 nitrogen and oxygen atoms in total. The van der Waals surface area contributed by atoms with Crippen molar-refractivity contribution in [2.45, 2.75) is 51.4 Å². The molecule has 0 atom stereocenters. The molecule has 2 N–H and O–H groups in total. The first-order valence-corrected chi connectivity index (χ1v) is 12.3. The highest BCUT2D eigenvalue weighted by atomic mass is 35.5. The van der Waals surface area contributed by atoms with Crippen molar-refractivity contribution >= 4 is 55.4 Å². The standard InChI is InChI=1S/C20H31N3OSi.2ClH/c1-4-25(5-2,6-3)14-8-12-21-16-20(24)23-18-10-11-19-17(15-18)9-7-13-22-19;;/h7,9-11,13,15,21H,4-6,8,12,14,16H2,1-3H3,(H,23,24);2*1H. The predicted molar refractivity (Wildman–Crippen MR) is 124 cm³/mol. The molecule has 0 saturated carbocycles. The molecular weight excluding hydrogens is 397 g/mol. The Kier molecular flexibility index (Phi) is 12.5. The fraction of sp³-hybridized carbons (Fsp3) is 0.500. The van der Waals surface area contributed by atoms with Crippen LogP contribution in [-0.4, -0.2) is 32.1 Å². The van der Waals surface area contributed by atoms with Crippen LogP contribution < -0.4 is 10.6 Å². The van der Waals surface area contributed by atoms with Crippen molar-refractivity contribution in [3.05, 3.63) is 36.5 Å². The van der Waals surface area contributed by atoms with E-state index in [-0.39, 0.29) is 30.7 Å². The number of amides is 1. The molecule has 2 aromatic rings. The van der Waals surface area contributed by atoms with Gasteiger partial charge in [0.05, 0.1) is 20.1 Å². The minimum atomic E-state index is -1.03. The Labute approximate surface area is 176 Å². The smallest absolute Gasteiger partial charge is 0.238 e. The molecule has 0 aliphatic heterocycles. The van der Waals surface area contributed by atoms with Crippen molar-refractivity contribution in [1.29, 1.82) is 0 Å². The number of carbonyl (C=O) groups is 1. The van der Waals surface area contributed by atoms with Crippen LogP contribution in [-0.2, 0) is 4.79 Å². The summed E-state index contributed by atoms with van der Waals surface area (Å²) in [6.45, 7) is 8.32. The van der Waals surface area contributed by atoms with Crippen LogP contribution in [0.5, 0.6) is 0 Å². The molecule has 1 amide bonds. The van der Waals surface area contributed by atoms with Crippen LogP contribution >= 0.6 is 24.8 Å². The van der Waals surface area contributed by atoms with Gasteiger partial charge in [-0.2, -0.15) is 0 Å². The molecule has 0 fully saturated rings. The number of anilines is 1. The molecule has 0 aliphatic carbocycles. The molecule has 0 bridgehead atoms. The second kappa shape index (κ2) is 13.1. The van der Waals surface area contributed by atoms with Crippen LogP contribution in [0.1, 0.15) is 27.2 Å². The maximum absolute atomic E-state index is 12.1. The summed E-state index contributed by atoms with van der Waals surface area (Å²) in [7, 11) is -1.03. The fourth-order valence-corrected chi connectivity index (χ4v) is 6.92. The average molecular weight is 430 g/mol. The molecule has 0 radical (unpaired) electrons. The van der Waals surface area contributed by atoms with E-state index in [4.69, 9.17) is 0 Å². The summed E-state index contributed by atoms with van der Waals surface area (Å²) >= 11 is 0. The van der Waals surface area contributed by atoms with Gasteiger partial charge in [-0.15, -0.1) is 24.8 Å². The molecule has 152 valence electrons. The van der Waals surface area contributed by atoms with Crippen LogP contribution in [0.25, 0.3) is 10.9 Å². The van der Waals surface area contributed by atoms with E-state index in [2.05, 4.69) is 36.4 Å². The summed E-state index contributed by atoms with van der Waals surface area (Å²) in [5.41, 5.74) is 1.76. The second-order valence-corrected chi connectivity index (χ2v) is 12.4. The highest BCUT2D eigenvalue weighted by molar-refractivity contribution is 6.79. The van der Waals surface area contributed by atoms with E-state index in [9.17, 15) is 4.79 Å². The highest BCUT2D eigenvalue weighted by Gasteiger charge is 2.25. The monoisotopic (exact) mass is 429 g/mol. The number of nitrogens with one attached hydrogen (secondary N) is 2. The zero-order chi connectivity index (χ0) is 18.1. The van der Waals surface area contributed by atoms with Gasteiger partial charge in [0.2, 0.25) is 5.91 Å². The molecule has 0 aliphatic rings. The number of aromatic nitrogens is 1. The minimum Gasteiger partial charge on any atom is -0.325 e. The van der Waals surface area contributed by atoms with Crippen molar-refractivity contribution in [1.82, 2.24) is 10.3 Å². The zero-order valence-corrected chi connectivity index (χ0v) is 19.2. The average Bonchev–Trinajstić information content (AvgIpc) is 2.65. The number of halogens is 2. The molecule has 27 heavy (non-hydrogen) atoms. The Morgan fingerprint density at radius 3 is 2.44 bits per heavy atom. The van der Waals surface area contributed by atoms with Crippen LogP contribution in [0.2, 0.25) is 24.2 Å². The van der Waals surface area contributed by atoms with Gasteiger partial charge < -0.3 is 10.6 Å². The first kappa shape index (κ1) is 25.9. The summed E-state index contributed by atoms with van der Waals surface area (Å²) < 4.78 is 0. The molecule has 0 spiro atoms. The largest absolute Gasteiger partial charge is 0.325 e. The van der Waals surface area contributed by atoms with Crippen LogP contribution in [0.3, 0.4) is 0 Å². The van der Waals surface area contributed by atoms with Crippen molar-refractivity contribution in [3.63, 3.8) is 0 Å². The van der Waals surface area contributed by atoms with E-state index < -0.39 is 8.07 Å². The third-order valence-corrected chi connectivity index (χ3v) is 11.4. The summed E-state index contributed by atoms with van der Waals surface area (Å²) in [6, 6.07) is 15.2. The first-order valence-electron chi connectivity index (χ1n) is 9.48. The van der Waals surface area contributed by atoms with Gasteiger partial charge in [0, 0.05) is 17.3 Å². The Morgan fingerprint density at radius 1 is 1.07 bits per heavy atom. The van der Waals surface area contributed by atoms with Crippen LogP contribution in [0, 0.1) is 0 Å². The minimum absolute atomic E-state index is 0. The van der Waals surface area contributed by atoms with Gasteiger partial charge in [-0.1, -0.05) is 51.0 Å². The normalized spacial score (nSPS) is 10.8. The Balaban J connectivity index is 0.00000338. The summed E-state index contributed by atoms with van der Waals surface area (Å²) in [4.78, 5) is 16.4. The van der Waals surface area contributed by atoms with Crippen molar-refractivity contribution < 1.29 is 4.79 Å². The van der Waals surface area contributed by atoms with Gasteiger partial charge in [0.15, 0.2) is 0 Å². The lowest BCUT2D eigenvalue weighted by Crippen LogP contribution is -2.33. The lowest BCUT2D eigenvalue weighted by molar-refractivity contribution is -0.115. The molecule has 2 rings (SSSR count). The molecule has 1 heterocycles. The van der Waals surface area contributed by atoms with E-state index in [1.807, 2.05) is 30.3 Å². The van der Waals surface area contributed by atoms with Gasteiger partial charge in [0.25, 0.3) is 0 Å². The summed E-state index contributed by atoms with van der Waals surface area (Å²) in [5.74, 6) is 0.00761. The molecule has 1 aromatic heterocycles. The quantitative estimate of drug-likeness (QED) is 0.386. The number of rotatable bonds is 10. The summed E-state index contributed by atoms with van der Waals surface area (Å²) in [5, 5.41) is 7.27. The van der Waals surface area contributed by atoms with Crippen LogP contribution in [0.15, 0.2) is 36.5 Å². The van der Waals surface area contributed by atoms with E-state index in [0.717, 1.165) is 23.1 Å².